The summed E-state index contributed by atoms with van der Waals surface area (Å²) in [5.74, 6) is 0.245. The van der Waals surface area contributed by atoms with Gasteiger partial charge in [-0.3, -0.25) is 14.5 Å². The molecule has 128 valence electrons. The Labute approximate surface area is 139 Å². The minimum absolute atomic E-state index is 0.0341. The number of ether oxygens (including phenoxy) is 1. The van der Waals surface area contributed by atoms with Gasteiger partial charge in [0.2, 0.25) is 0 Å². The summed E-state index contributed by atoms with van der Waals surface area (Å²) < 4.78 is 5.45. The van der Waals surface area contributed by atoms with Crippen LogP contribution in [0.1, 0.15) is 30.1 Å². The Morgan fingerprint density at radius 3 is 2.67 bits per heavy atom. The van der Waals surface area contributed by atoms with Crippen LogP contribution in [0.4, 0.5) is 4.79 Å². The Morgan fingerprint density at radius 2 is 2.04 bits per heavy atom. The summed E-state index contributed by atoms with van der Waals surface area (Å²) in [5, 5.41) is 10.1. The number of amides is 3. The van der Waals surface area contributed by atoms with E-state index in [-0.39, 0.29) is 36.9 Å². The lowest BCUT2D eigenvalue weighted by atomic mass is 10.1. The number of imide groups is 1. The molecule has 2 heterocycles. The topological polar surface area (TPSA) is 87.2 Å². The minimum atomic E-state index is -0.967. The van der Waals surface area contributed by atoms with E-state index in [0.29, 0.717) is 24.3 Å². The third kappa shape index (κ3) is 3.12. The first-order valence-corrected chi connectivity index (χ1v) is 8.01. The van der Waals surface area contributed by atoms with E-state index in [1.807, 2.05) is 0 Å². The molecule has 0 spiro atoms. The number of fused-ring (bicyclic) bond motifs is 1. The van der Waals surface area contributed by atoms with Gasteiger partial charge in [0.25, 0.3) is 5.91 Å². The lowest BCUT2D eigenvalue weighted by molar-refractivity contribution is -0.129. The molecule has 3 rings (SSSR count). The molecule has 0 bridgehead atoms. The highest BCUT2D eigenvalue weighted by molar-refractivity contribution is 6.04. The first-order chi connectivity index (χ1) is 11.5. The Balaban J connectivity index is 1.52. The molecule has 24 heavy (non-hydrogen) atoms. The summed E-state index contributed by atoms with van der Waals surface area (Å²) in [5.41, 5.74) is 0.580. The smallest absolute Gasteiger partial charge is 0.327 e. The number of hydrogen-bond acceptors (Lipinski definition) is 5. The van der Waals surface area contributed by atoms with Gasteiger partial charge in [-0.2, -0.15) is 0 Å². The maximum Gasteiger partial charge on any atom is 0.327 e. The van der Waals surface area contributed by atoms with E-state index in [9.17, 15) is 19.5 Å². The predicted octanol–water partition coefficient (Wildman–Crippen LogP) is 1.06. The summed E-state index contributed by atoms with van der Waals surface area (Å²) in [6.45, 7) is 1.97. The second-order valence-corrected chi connectivity index (χ2v) is 6.13. The van der Waals surface area contributed by atoms with Crippen LogP contribution < -0.4 is 4.74 Å². The average molecular weight is 332 g/mol. The molecule has 0 aliphatic carbocycles. The number of urea groups is 1. The molecule has 0 aromatic heterocycles. The van der Waals surface area contributed by atoms with E-state index in [2.05, 4.69) is 0 Å². The van der Waals surface area contributed by atoms with Crippen LogP contribution in [0, 0.1) is 0 Å². The average Bonchev–Trinajstić information content (AvgIpc) is 3.13. The molecule has 2 fully saturated rings. The largest absolute Gasteiger partial charge is 0.491 e. The first-order valence-electron chi connectivity index (χ1n) is 8.01. The fourth-order valence-electron chi connectivity index (χ4n) is 3.09. The predicted molar refractivity (Wildman–Crippen MR) is 84.8 cm³/mol. The van der Waals surface area contributed by atoms with Gasteiger partial charge in [-0.1, -0.05) is 0 Å². The molecule has 0 unspecified atom stereocenters. The van der Waals surface area contributed by atoms with Crippen molar-refractivity contribution in [2.75, 3.05) is 19.7 Å². The van der Waals surface area contributed by atoms with Crippen LogP contribution in [0.15, 0.2) is 24.3 Å². The van der Waals surface area contributed by atoms with Crippen LogP contribution in [0.2, 0.25) is 0 Å². The highest BCUT2D eigenvalue weighted by Gasteiger charge is 2.47. The minimum Gasteiger partial charge on any atom is -0.491 e. The van der Waals surface area contributed by atoms with E-state index >= 15 is 0 Å². The number of Topliss-reactive ketones (excluding diaryl/α,β-unsaturated/α-hetero) is 1. The number of carbonyl (C=O) groups is 3. The molecule has 7 nitrogen and oxygen atoms in total. The van der Waals surface area contributed by atoms with Gasteiger partial charge >= 0.3 is 6.03 Å². The van der Waals surface area contributed by atoms with Crippen LogP contribution in [-0.4, -0.2) is 64.5 Å². The van der Waals surface area contributed by atoms with E-state index in [4.69, 9.17) is 4.74 Å². The Kier molecular flexibility index (Phi) is 4.53. The zero-order valence-corrected chi connectivity index (χ0v) is 13.5. The zero-order chi connectivity index (χ0) is 17.3. The second-order valence-electron chi connectivity index (χ2n) is 6.13. The van der Waals surface area contributed by atoms with Crippen LogP contribution in [0.3, 0.4) is 0 Å². The Hall–Kier alpha value is -2.41. The fraction of sp³-hybridized carbons (Fsp3) is 0.471. The molecule has 0 saturated carbocycles. The van der Waals surface area contributed by atoms with Crippen LogP contribution in [0.25, 0.3) is 0 Å². The number of rotatable bonds is 6. The van der Waals surface area contributed by atoms with E-state index in [0.717, 1.165) is 11.3 Å². The van der Waals surface area contributed by atoms with Gasteiger partial charge in [0.15, 0.2) is 5.78 Å². The highest BCUT2D eigenvalue weighted by Crippen LogP contribution is 2.27. The summed E-state index contributed by atoms with van der Waals surface area (Å²) in [7, 11) is 0. The van der Waals surface area contributed by atoms with Crippen LogP contribution in [-0.2, 0) is 4.79 Å². The van der Waals surface area contributed by atoms with Gasteiger partial charge in [-0.25, -0.2) is 4.79 Å². The number of ketones is 1. The van der Waals surface area contributed by atoms with Crippen molar-refractivity contribution in [2.24, 2.45) is 0 Å². The lowest BCUT2D eigenvalue weighted by Crippen LogP contribution is -2.41. The van der Waals surface area contributed by atoms with Crippen molar-refractivity contribution in [1.82, 2.24) is 9.80 Å². The molecule has 1 aromatic carbocycles. The fourth-order valence-corrected chi connectivity index (χ4v) is 3.09. The maximum atomic E-state index is 12.2. The number of hydrogen-bond donors (Lipinski definition) is 1. The quantitative estimate of drug-likeness (QED) is 0.622. The SMILES string of the molecule is CC(=O)c1ccc(OC[C@H](O)CN2C(=O)[C@H]3CCCN3C2=O)cc1. The standard InChI is InChI=1S/C17H20N2O5/c1-11(20)12-4-6-14(7-5-12)24-10-13(21)9-19-16(22)15-3-2-8-18(15)17(19)23/h4-7,13,15,21H,2-3,8-10H2,1H3/t13-,15-/m1/s1. The Morgan fingerprint density at radius 1 is 1.33 bits per heavy atom. The van der Waals surface area contributed by atoms with Gasteiger partial charge in [0, 0.05) is 12.1 Å². The van der Waals surface area contributed by atoms with Crippen molar-refractivity contribution in [3.8, 4) is 5.75 Å². The van der Waals surface area contributed by atoms with Gasteiger partial charge in [-0.05, 0) is 44.0 Å². The molecule has 2 saturated heterocycles. The van der Waals surface area contributed by atoms with Crippen LogP contribution >= 0.6 is 0 Å². The van der Waals surface area contributed by atoms with Crippen molar-refractivity contribution in [1.29, 1.82) is 0 Å². The molecular weight excluding hydrogens is 312 g/mol. The van der Waals surface area contributed by atoms with Crippen molar-refractivity contribution < 1.29 is 24.2 Å². The highest BCUT2D eigenvalue weighted by atomic mass is 16.5. The van der Waals surface area contributed by atoms with Crippen molar-refractivity contribution >= 4 is 17.7 Å². The van der Waals surface area contributed by atoms with Gasteiger partial charge in [0.1, 0.15) is 24.5 Å². The monoisotopic (exact) mass is 332 g/mol. The third-order valence-corrected chi connectivity index (χ3v) is 4.38. The number of nitrogens with zero attached hydrogens (tertiary/aromatic N) is 2. The van der Waals surface area contributed by atoms with E-state index < -0.39 is 6.10 Å². The van der Waals surface area contributed by atoms with Gasteiger partial charge in [-0.15, -0.1) is 0 Å². The number of aliphatic hydroxyl groups is 1. The maximum absolute atomic E-state index is 12.2. The normalized spacial score (nSPS) is 21.2. The molecule has 7 heteroatoms. The molecule has 1 aromatic rings. The van der Waals surface area contributed by atoms with Crippen molar-refractivity contribution in [2.45, 2.75) is 31.9 Å². The molecule has 2 atom stereocenters. The molecule has 2 aliphatic rings. The van der Waals surface area contributed by atoms with Gasteiger partial charge in [0.05, 0.1) is 6.54 Å². The summed E-state index contributed by atoms with van der Waals surface area (Å²) >= 11 is 0. The number of benzene rings is 1. The molecule has 0 radical (unpaired) electrons. The summed E-state index contributed by atoms with van der Waals surface area (Å²) in [4.78, 5) is 38.2. The third-order valence-electron chi connectivity index (χ3n) is 4.38. The Bertz CT molecular complexity index is 635. The van der Waals surface area contributed by atoms with Gasteiger partial charge < -0.3 is 14.7 Å². The van der Waals surface area contributed by atoms with E-state index in [1.165, 1.54) is 6.92 Å². The number of aliphatic hydroxyl groups excluding tert-OH is 1. The molecular formula is C17H20N2O5. The van der Waals surface area contributed by atoms with E-state index in [1.54, 1.807) is 29.2 Å². The summed E-state index contributed by atoms with van der Waals surface area (Å²) in [6.07, 6.45) is 0.569. The summed E-state index contributed by atoms with van der Waals surface area (Å²) in [6, 6.07) is 5.90. The number of carbonyl (C=O) groups excluding carboxylic acids is 3. The molecule has 3 amide bonds. The molecule has 2 aliphatic heterocycles. The zero-order valence-electron chi connectivity index (χ0n) is 13.5. The second kappa shape index (κ2) is 6.60. The first kappa shape index (κ1) is 16.4. The number of β-amino-alcohol motifs (C(OH)–C–C–N with tert-alkyl or cyclic N) is 1. The lowest BCUT2D eigenvalue weighted by Gasteiger charge is -2.19. The van der Waals surface area contributed by atoms with Crippen LogP contribution in [0.5, 0.6) is 5.75 Å². The van der Waals surface area contributed by atoms with Crippen molar-refractivity contribution in [3.63, 3.8) is 0 Å². The molecule has 1 N–H and O–H groups in total. The van der Waals surface area contributed by atoms with Crippen molar-refractivity contribution in [3.05, 3.63) is 29.8 Å².